The molecular weight excluding hydrogens is 167 g/mol. The van der Waals surface area contributed by atoms with Crippen molar-refractivity contribution in [3.8, 4) is 11.7 Å². The van der Waals surface area contributed by atoms with E-state index in [1.807, 2.05) is 24.3 Å². The fraction of sp³-hybridized carbons (Fsp3) is 0.333. The Morgan fingerprint density at radius 3 is 2.29 bits per heavy atom. The molecule has 0 saturated carbocycles. The van der Waals surface area contributed by atoms with Crippen LogP contribution in [0, 0.1) is 18.3 Å². The molecule has 0 amide bonds. The van der Waals surface area contributed by atoms with E-state index in [0.717, 1.165) is 17.9 Å². The second-order valence-electron chi connectivity index (χ2n) is 3.35. The summed E-state index contributed by atoms with van der Waals surface area (Å²) in [5.41, 5.74) is 0.775. The molecule has 0 aromatic heterocycles. The van der Waals surface area contributed by atoms with Gasteiger partial charge in [0.15, 0.2) is 0 Å². The van der Waals surface area contributed by atoms with Crippen molar-refractivity contribution in [1.29, 1.82) is 0 Å². The van der Waals surface area contributed by atoms with Gasteiger partial charge in [0.2, 0.25) is 0 Å². The smallest absolute Gasteiger partial charge is 0.493 e. The Kier molecular flexibility index (Phi) is 6.22. The number of hydrogen-bond acceptors (Lipinski definition) is 1. The van der Waals surface area contributed by atoms with Crippen LogP contribution in [0.3, 0.4) is 0 Å². The monoisotopic (exact) mass is 180 g/mol. The van der Waals surface area contributed by atoms with Crippen molar-refractivity contribution in [3.05, 3.63) is 36.3 Å². The SMILES string of the molecule is [C-]#Cc1ccc(OCC(C)C)cc1.[Li+]. The number of benzene rings is 1. The van der Waals surface area contributed by atoms with Gasteiger partial charge in [-0.2, -0.15) is 0 Å². The molecule has 1 aromatic rings. The maximum atomic E-state index is 6.89. The van der Waals surface area contributed by atoms with Crippen LogP contribution in [0.4, 0.5) is 0 Å². The molecule has 0 radical (unpaired) electrons. The Hall–Kier alpha value is -0.823. The molecular formula is C12H13LiO. The predicted molar refractivity (Wildman–Crippen MR) is 53.0 cm³/mol. The topological polar surface area (TPSA) is 9.23 Å². The third-order valence-electron chi connectivity index (χ3n) is 1.58. The summed E-state index contributed by atoms with van der Waals surface area (Å²) in [4.78, 5) is 0. The van der Waals surface area contributed by atoms with Gasteiger partial charge in [0.1, 0.15) is 5.75 Å². The van der Waals surface area contributed by atoms with Gasteiger partial charge in [-0.15, -0.1) is 17.7 Å². The van der Waals surface area contributed by atoms with Gasteiger partial charge in [-0.25, -0.2) is 0 Å². The molecule has 0 unspecified atom stereocenters. The van der Waals surface area contributed by atoms with E-state index in [4.69, 9.17) is 11.2 Å². The summed E-state index contributed by atoms with van der Waals surface area (Å²) in [5.74, 6) is 3.70. The van der Waals surface area contributed by atoms with Crippen LogP contribution in [0.2, 0.25) is 0 Å². The number of ether oxygens (including phenoxy) is 1. The molecule has 0 aliphatic rings. The van der Waals surface area contributed by atoms with Crippen molar-refractivity contribution in [1.82, 2.24) is 0 Å². The van der Waals surface area contributed by atoms with Gasteiger partial charge in [-0.1, -0.05) is 13.8 Å². The average molecular weight is 180 g/mol. The summed E-state index contributed by atoms with van der Waals surface area (Å²) in [6.07, 6.45) is 6.89. The quantitative estimate of drug-likeness (QED) is 0.351. The van der Waals surface area contributed by atoms with Gasteiger partial charge >= 0.3 is 18.9 Å². The fourth-order valence-electron chi connectivity index (χ4n) is 0.897. The molecule has 1 aromatic carbocycles. The van der Waals surface area contributed by atoms with Crippen LogP contribution < -0.4 is 23.6 Å². The van der Waals surface area contributed by atoms with Crippen LogP contribution in [0.25, 0.3) is 0 Å². The molecule has 0 saturated heterocycles. The van der Waals surface area contributed by atoms with E-state index >= 15 is 0 Å². The molecule has 0 spiro atoms. The maximum absolute atomic E-state index is 6.89. The third kappa shape index (κ3) is 4.42. The first-order chi connectivity index (χ1) is 6.22. The molecule has 0 aliphatic carbocycles. The van der Waals surface area contributed by atoms with Crippen molar-refractivity contribution in [2.45, 2.75) is 13.8 Å². The van der Waals surface area contributed by atoms with Gasteiger partial charge < -0.3 is 11.2 Å². The van der Waals surface area contributed by atoms with E-state index in [9.17, 15) is 0 Å². The Morgan fingerprint density at radius 2 is 1.86 bits per heavy atom. The van der Waals surface area contributed by atoms with Crippen LogP contribution >= 0.6 is 0 Å². The molecule has 0 bridgehead atoms. The summed E-state index contributed by atoms with van der Waals surface area (Å²) in [5, 5.41) is 0. The van der Waals surface area contributed by atoms with Crippen molar-refractivity contribution in [2.24, 2.45) is 5.92 Å². The van der Waals surface area contributed by atoms with E-state index in [1.165, 1.54) is 0 Å². The van der Waals surface area contributed by atoms with Crippen LogP contribution in [0.15, 0.2) is 24.3 Å². The number of rotatable bonds is 3. The summed E-state index contributed by atoms with van der Waals surface area (Å²) in [6.45, 7) is 4.95. The zero-order chi connectivity index (χ0) is 9.68. The van der Waals surface area contributed by atoms with Crippen molar-refractivity contribution < 1.29 is 23.6 Å². The zero-order valence-corrected chi connectivity index (χ0v) is 9.00. The van der Waals surface area contributed by atoms with Gasteiger partial charge in [0, 0.05) is 0 Å². The van der Waals surface area contributed by atoms with E-state index in [1.54, 1.807) is 0 Å². The van der Waals surface area contributed by atoms with Gasteiger partial charge in [-0.05, 0) is 18.1 Å². The minimum absolute atomic E-state index is 0. The third-order valence-corrected chi connectivity index (χ3v) is 1.58. The summed E-state index contributed by atoms with van der Waals surface area (Å²) >= 11 is 0. The molecule has 0 N–H and O–H groups in total. The summed E-state index contributed by atoms with van der Waals surface area (Å²) in [6, 6.07) is 7.36. The van der Waals surface area contributed by atoms with Crippen molar-refractivity contribution >= 4 is 0 Å². The Balaban J connectivity index is 0.00000169. The summed E-state index contributed by atoms with van der Waals surface area (Å²) in [7, 11) is 0. The van der Waals surface area contributed by atoms with Crippen LogP contribution in [0.5, 0.6) is 5.75 Å². The Morgan fingerprint density at radius 1 is 1.29 bits per heavy atom. The first-order valence-corrected chi connectivity index (χ1v) is 4.38. The second-order valence-corrected chi connectivity index (χ2v) is 3.35. The fourth-order valence-corrected chi connectivity index (χ4v) is 0.897. The molecule has 0 aliphatic heterocycles. The summed E-state index contributed by atoms with van der Waals surface area (Å²) < 4.78 is 5.48. The largest absolute Gasteiger partial charge is 1.00 e. The maximum Gasteiger partial charge on any atom is 1.00 e. The molecule has 1 rings (SSSR count). The first kappa shape index (κ1) is 13.2. The normalized spacial score (nSPS) is 9.00. The Bertz CT molecular complexity index is 295. The van der Waals surface area contributed by atoms with Crippen molar-refractivity contribution in [3.63, 3.8) is 0 Å². The molecule has 0 atom stereocenters. The van der Waals surface area contributed by atoms with Gasteiger partial charge in [-0.3, -0.25) is 5.92 Å². The molecule has 0 heterocycles. The van der Waals surface area contributed by atoms with Crippen LogP contribution in [-0.4, -0.2) is 6.61 Å². The van der Waals surface area contributed by atoms with Crippen LogP contribution in [-0.2, 0) is 0 Å². The van der Waals surface area contributed by atoms with Crippen LogP contribution in [0.1, 0.15) is 19.4 Å². The minimum atomic E-state index is 0. The molecule has 1 nitrogen and oxygen atoms in total. The first-order valence-electron chi connectivity index (χ1n) is 4.38. The Labute approximate surface area is 98.0 Å². The molecule has 0 fully saturated rings. The predicted octanol–water partition coefficient (Wildman–Crippen LogP) is -0.337. The average Bonchev–Trinajstić information content (AvgIpc) is 2.15. The zero-order valence-electron chi connectivity index (χ0n) is 9.00. The molecule has 14 heavy (non-hydrogen) atoms. The van der Waals surface area contributed by atoms with E-state index < -0.39 is 0 Å². The van der Waals surface area contributed by atoms with E-state index in [0.29, 0.717) is 5.92 Å². The van der Waals surface area contributed by atoms with Gasteiger partial charge in [0.25, 0.3) is 0 Å². The van der Waals surface area contributed by atoms with E-state index in [2.05, 4.69) is 19.8 Å². The van der Waals surface area contributed by atoms with Crippen molar-refractivity contribution in [2.75, 3.05) is 6.61 Å². The van der Waals surface area contributed by atoms with Gasteiger partial charge in [0.05, 0.1) is 6.61 Å². The van der Waals surface area contributed by atoms with E-state index in [-0.39, 0.29) is 18.9 Å². The standard InChI is InChI=1S/C12H13O.Li/c1-4-11-5-7-12(8-6-11)13-9-10(2)3;/h5-8,10H,9H2,2-3H3;/q-1;+1. The molecule has 2 heteroatoms. The minimum Gasteiger partial charge on any atom is -0.493 e. The second kappa shape index (κ2) is 6.60. The molecule has 68 valence electrons. The number of hydrogen-bond donors (Lipinski definition) is 0.